The van der Waals surface area contributed by atoms with Crippen molar-refractivity contribution in [1.82, 2.24) is 0 Å². The molecule has 0 amide bonds. The number of aryl methyl sites for hydroxylation is 3. The molecule has 0 radical (unpaired) electrons. The molecule has 1 aromatic heterocycles. The Labute approximate surface area is 507 Å². The van der Waals surface area contributed by atoms with Crippen LogP contribution in [0, 0.1) is 20.8 Å². The number of aliphatic carboxylic acids is 1. The number of carbonyl (C=O) groups is 3. The number of phenolic OH excluding ortho intramolecular Hbond substituents is 1. The van der Waals surface area contributed by atoms with Crippen molar-refractivity contribution in [2.45, 2.75) is 92.0 Å². The minimum atomic E-state index is -1.15. The van der Waals surface area contributed by atoms with Crippen LogP contribution in [0.1, 0.15) is 67.8 Å². The molecule has 6 aromatic carbocycles. The third-order valence-electron chi connectivity index (χ3n) is 9.33. The lowest BCUT2D eigenvalue weighted by atomic mass is 10.0. The van der Waals surface area contributed by atoms with Gasteiger partial charge in [0.15, 0.2) is 35.6 Å². The Morgan fingerprint density at radius 3 is 1.22 bits per heavy atom. The maximum atomic E-state index is 9.77. The first-order chi connectivity index (χ1) is 40.8. The van der Waals surface area contributed by atoms with Crippen molar-refractivity contribution >= 4 is 28.8 Å². The number of ether oxygens (including phenoxy) is 3. The summed E-state index contributed by atoms with van der Waals surface area (Å²) >= 11 is 0. The van der Waals surface area contributed by atoms with Crippen LogP contribution in [0.3, 0.4) is 0 Å². The largest absolute Gasteiger partial charge is 0.504 e. The van der Waals surface area contributed by atoms with Gasteiger partial charge in [-0.2, -0.15) is 0 Å². The highest BCUT2D eigenvalue weighted by atomic mass is 16.7. The quantitative estimate of drug-likeness (QED) is 0.0499. The van der Waals surface area contributed by atoms with E-state index in [-0.39, 0.29) is 24.7 Å². The molecule has 5 unspecified atom stereocenters. The molecule has 13 nitrogen and oxygen atoms in total. The minimum absolute atomic E-state index is 0.181. The fourth-order valence-electron chi connectivity index (χ4n) is 5.18. The maximum absolute atomic E-state index is 9.77. The van der Waals surface area contributed by atoms with Crippen LogP contribution >= 0.6 is 0 Å². The van der Waals surface area contributed by atoms with Crippen LogP contribution in [-0.2, 0) is 19.1 Å². The van der Waals surface area contributed by atoms with Crippen molar-refractivity contribution in [2.24, 2.45) is 0 Å². The molecule has 13 heteroatoms. The van der Waals surface area contributed by atoms with E-state index < -0.39 is 36.7 Å². The SMILES string of the molecule is C=C.C=CC.C=CC=C.C=CCC.C=CCC=C.CC(=O)CO.CC(=O)O.COc1ccccc1O.Cc1ccc(C)cc1.Cc1ccccc1.O=Cc1ccco1.OC1C2COC(O2)C(O)C1O.c1ccc2ccccc2c1.c1ccccc1. The van der Waals surface area contributed by atoms with Gasteiger partial charge in [0.05, 0.1) is 20.0 Å². The molecule has 2 aliphatic heterocycles. The number of benzene rings is 6. The number of phenols is 1. The summed E-state index contributed by atoms with van der Waals surface area (Å²) in [6.45, 7) is 39.1. The number of aliphatic hydroxyl groups excluding tert-OH is 4. The number of para-hydroxylation sites is 2. The number of hydrogen-bond donors (Lipinski definition) is 6. The van der Waals surface area contributed by atoms with Gasteiger partial charge < -0.3 is 49.3 Å². The molecule has 2 bridgehead atoms. The number of rotatable bonds is 7. The molecular formula is C72H96O13. The van der Waals surface area contributed by atoms with Gasteiger partial charge in [0.1, 0.15) is 31.0 Å². The van der Waals surface area contributed by atoms with E-state index in [0.29, 0.717) is 17.8 Å². The average molecular weight is 1170 g/mol. The number of Topliss-reactive ketones (excluding diaryl/α,β-unsaturated/α-hetero) is 1. The molecule has 85 heavy (non-hydrogen) atoms. The second-order valence-corrected chi connectivity index (χ2v) is 16.7. The average Bonchev–Trinajstić information content (AvgIpc) is 4.46. The molecule has 2 saturated heterocycles. The second kappa shape index (κ2) is 62.8. The Morgan fingerprint density at radius 2 is 0.965 bits per heavy atom. The standard InChI is InChI=1S/C10H8.C8H10.C7H8O2.C7H8.C6H10O5.C6H6.C5H4O2.C5H8.C4H8.C4H6.C3H6O2.C3H6.C2H4O2.C2H4/c1-2-6-10-8-4-3-7-9(10)5-1;1-7-3-5-8(2)6-4-7;1-9-7-5-3-2-4-6(7)8;1-7-5-3-2-4-6-7;7-3-2-1-10-6(11-2)5(9)4(3)8;1-2-4-6-5-3-1;6-4-5-2-1-3-7-5;1-3-5-4-2;2*1-3-4-2;1-3(5)2-4;1-3-2;1-2(3)4;1-2/h1-8H;3-6H,1-2H3;2-5,8H,1H3;2-6H,1H3;2-9H,1H2;1-6H;1-4H;3-4H,1-2,5H2;3H,1,4H2,2H3;3-4H,1-2H2;4H,2H2,1H3;3H,1H2,2H3;1H3,(H,3,4);1-2H2. The molecular weight excluding hydrogens is 1070 g/mol. The monoisotopic (exact) mass is 1170 g/mol. The molecule has 2 aliphatic rings. The first kappa shape index (κ1) is 85.0. The van der Waals surface area contributed by atoms with Crippen LogP contribution in [0.4, 0.5) is 0 Å². The molecule has 0 spiro atoms. The van der Waals surface area contributed by atoms with E-state index in [0.717, 1.165) is 19.8 Å². The summed E-state index contributed by atoms with van der Waals surface area (Å²) in [6.07, 6.45) is 10.1. The van der Waals surface area contributed by atoms with Crippen LogP contribution in [0.2, 0.25) is 0 Å². The smallest absolute Gasteiger partial charge is 0.300 e. The Balaban J connectivity index is -0.000000276. The highest BCUT2D eigenvalue weighted by Crippen LogP contribution is 2.27. The van der Waals surface area contributed by atoms with Crippen LogP contribution < -0.4 is 4.74 Å². The molecule has 0 saturated carbocycles. The highest BCUT2D eigenvalue weighted by molar-refractivity contribution is 5.82. The van der Waals surface area contributed by atoms with E-state index >= 15 is 0 Å². The lowest BCUT2D eigenvalue weighted by molar-refractivity contribution is -0.228. The van der Waals surface area contributed by atoms with Gasteiger partial charge in [0, 0.05) is 6.92 Å². The molecule has 3 heterocycles. The van der Waals surface area contributed by atoms with E-state index in [9.17, 15) is 19.8 Å². The van der Waals surface area contributed by atoms with Gasteiger partial charge in [-0.1, -0.05) is 225 Å². The van der Waals surface area contributed by atoms with Gasteiger partial charge in [-0.15, -0.1) is 39.5 Å². The summed E-state index contributed by atoms with van der Waals surface area (Å²) in [4.78, 5) is 28.3. The van der Waals surface area contributed by atoms with Crippen molar-refractivity contribution in [2.75, 3.05) is 20.3 Å². The van der Waals surface area contributed by atoms with Crippen LogP contribution in [0.15, 0.2) is 276 Å². The van der Waals surface area contributed by atoms with Crippen LogP contribution in [0.25, 0.3) is 10.8 Å². The summed E-state index contributed by atoms with van der Waals surface area (Å²) in [5.41, 5.74) is 3.98. The molecule has 9 rings (SSSR count). The number of fused-ring (bicyclic) bond motifs is 3. The Hall–Kier alpha value is -8.79. The number of aldehydes is 1. The van der Waals surface area contributed by atoms with Crippen molar-refractivity contribution in [3.8, 4) is 11.5 Å². The van der Waals surface area contributed by atoms with Gasteiger partial charge in [0.2, 0.25) is 0 Å². The predicted octanol–water partition coefficient (Wildman–Crippen LogP) is 15.5. The van der Waals surface area contributed by atoms with E-state index in [1.165, 1.54) is 47.8 Å². The number of ketones is 1. The normalized spacial score (nSPS) is 14.1. The molecule has 6 N–H and O–H groups in total. The Bertz CT molecular complexity index is 2520. The number of carboxylic acids is 1. The number of carboxylic acid groups (broad SMARTS) is 1. The number of carbonyl (C=O) groups excluding carboxylic acids is 2. The molecule has 7 aromatic rings. The molecule has 2 fully saturated rings. The van der Waals surface area contributed by atoms with Gasteiger partial charge in [-0.3, -0.25) is 14.4 Å². The fraction of sp³-hybridized carbons (Fsp3) is 0.236. The number of furan rings is 1. The Kier molecular flexibility index (Phi) is 62.8. The zero-order valence-electron chi connectivity index (χ0n) is 51.3. The summed E-state index contributed by atoms with van der Waals surface area (Å²) in [5, 5.41) is 54.4. The van der Waals surface area contributed by atoms with E-state index in [1.807, 2.05) is 79.7 Å². The Morgan fingerprint density at radius 1 is 0.600 bits per heavy atom. The molecule has 5 atom stereocenters. The molecule has 0 aliphatic carbocycles. The van der Waals surface area contributed by atoms with Crippen molar-refractivity contribution in [1.29, 1.82) is 0 Å². The van der Waals surface area contributed by atoms with Gasteiger partial charge >= 0.3 is 0 Å². The third kappa shape index (κ3) is 54.2. The van der Waals surface area contributed by atoms with Crippen LogP contribution in [-0.4, -0.2) is 99.7 Å². The predicted molar refractivity (Wildman–Crippen MR) is 353 cm³/mol. The number of aromatic hydroxyl groups is 1. The first-order valence-corrected chi connectivity index (χ1v) is 26.8. The summed E-state index contributed by atoms with van der Waals surface area (Å²) in [7, 11) is 1.52. The van der Waals surface area contributed by atoms with Crippen LogP contribution in [0.5, 0.6) is 11.5 Å². The second-order valence-electron chi connectivity index (χ2n) is 16.7. The van der Waals surface area contributed by atoms with Crippen molar-refractivity contribution in [3.05, 3.63) is 294 Å². The molecule has 462 valence electrons. The maximum Gasteiger partial charge on any atom is 0.300 e. The zero-order chi connectivity index (χ0) is 65.5. The van der Waals surface area contributed by atoms with E-state index in [4.69, 9.17) is 39.4 Å². The third-order valence-corrected chi connectivity index (χ3v) is 9.33. The number of methoxy groups -OCH3 is 1. The first-order valence-electron chi connectivity index (χ1n) is 26.8. The highest BCUT2D eigenvalue weighted by Gasteiger charge is 2.48. The van der Waals surface area contributed by atoms with Crippen molar-refractivity contribution < 1.29 is 63.7 Å². The van der Waals surface area contributed by atoms with Gasteiger partial charge in [0.25, 0.3) is 5.97 Å². The summed E-state index contributed by atoms with van der Waals surface area (Å²) in [5.74, 6) is 0.0440. The summed E-state index contributed by atoms with van der Waals surface area (Å²) in [6, 6.07) is 57.6. The fourth-order valence-corrected chi connectivity index (χ4v) is 5.18. The van der Waals surface area contributed by atoms with E-state index in [1.54, 1.807) is 54.6 Å². The number of allylic oxidation sites excluding steroid dienone is 6. The lowest BCUT2D eigenvalue weighted by Gasteiger charge is -2.32. The lowest BCUT2D eigenvalue weighted by Crippen LogP contribution is -2.53. The van der Waals surface area contributed by atoms with E-state index in [2.05, 4.69) is 170 Å². The zero-order valence-corrected chi connectivity index (χ0v) is 51.3. The van der Waals surface area contributed by atoms with Crippen molar-refractivity contribution in [3.63, 3.8) is 0 Å². The van der Waals surface area contributed by atoms with Gasteiger partial charge in [-0.25, -0.2) is 0 Å². The number of hydrogen-bond acceptors (Lipinski definition) is 12. The van der Waals surface area contributed by atoms with Gasteiger partial charge in [-0.05, 0) is 82.5 Å². The summed E-state index contributed by atoms with van der Waals surface area (Å²) < 4.78 is 19.4. The minimum Gasteiger partial charge on any atom is -0.504 e. The topological polar surface area (TPSA) is 213 Å². The number of aliphatic hydroxyl groups is 4.